The summed E-state index contributed by atoms with van der Waals surface area (Å²) in [6.07, 6.45) is 4.11. The number of urea groups is 1. The summed E-state index contributed by atoms with van der Waals surface area (Å²) in [4.78, 5) is 17.9. The van der Waals surface area contributed by atoms with Crippen LogP contribution in [0, 0.1) is 17.2 Å². The first-order chi connectivity index (χ1) is 13.6. The number of amides is 2. The molecule has 1 fully saturated rings. The van der Waals surface area contributed by atoms with Crippen molar-refractivity contribution in [1.29, 1.82) is 5.26 Å². The zero-order chi connectivity index (χ0) is 20.1. The molecular formula is C22H31N5O. The van der Waals surface area contributed by atoms with Gasteiger partial charge in [0.2, 0.25) is 0 Å². The molecule has 2 amide bonds. The summed E-state index contributed by atoms with van der Waals surface area (Å²) >= 11 is 0. The predicted octanol–water partition coefficient (Wildman–Crippen LogP) is 3.56. The Bertz CT molecular complexity index is 852. The third-order valence-electron chi connectivity index (χ3n) is 5.51. The molecule has 0 aliphatic heterocycles. The lowest BCUT2D eigenvalue weighted by Crippen LogP contribution is -2.46. The largest absolute Gasteiger partial charge is 0.361 e. The van der Waals surface area contributed by atoms with E-state index in [0.29, 0.717) is 23.9 Å². The van der Waals surface area contributed by atoms with Crippen molar-refractivity contribution in [3.8, 4) is 6.07 Å². The predicted molar refractivity (Wildman–Crippen MR) is 112 cm³/mol. The lowest BCUT2D eigenvalue weighted by Gasteiger charge is -2.24. The third-order valence-corrected chi connectivity index (χ3v) is 5.51. The highest BCUT2D eigenvalue weighted by Gasteiger charge is 2.41. The first-order valence-corrected chi connectivity index (χ1v) is 10.3. The Morgan fingerprint density at radius 2 is 2.25 bits per heavy atom. The number of nitrogens with zero attached hydrogens (tertiary/aromatic N) is 2. The molecule has 6 heteroatoms. The number of carbonyl (C=O) groups is 1. The van der Waals surface area contributed by atoms with Gasteiger partial charge in [0.25, 0.3) is 0 Å². The fourth-order valence-corrected chi connectivity index (χ4v) is 3.95. The summed E-state index contributed by atoms with van der Waals surface area (Å²) in [5.41, 5.74) is 3.03. The summed E-state index contributed by atoms with van der Waals surface area (Å²) < 4.78 is 0. The minimum atomic E-state index is 0.0305. The summed E-state index contributed by atoms with van der Waals surface area (Å²) in [5, 5.41) is 16.7. The van der Waals surface area contributed by atoms with Gasteiger partial charge in [0.1, 0.15) is 0 Å². The Kier molecular flexibility index (Phi) is 6.58. The first-order valence-electron chi connectivity index (χ1n) is 10.3. The van der Waals surface area contributed by atoms with Crippen LogP contribution in [0.1, 0.15) is 50.7 Å². The van der Waals surface area contributed by atoms with Gasteiger partial charge in [-0.3, -0.25) is 0 Å². The Hall–Kier alpha value is -2.52. The van der Waals surface area contributed by atoms with Crippen LogP contribution in [0.15, 0.2) is 24.4 Å². The topological polar surface area (TPSA) is 84.0 Å². The van der Waals surface area contributed by atoms with E-state index in [1.165, 1.54) is 5.56 Å². The normalized spacial score (nSPS) is 19.2. The van der Waals surface area contributed by atoms with Crippen LogP contribution in [0.2, 0.25) is 0 Å². The van der Waals surface area contributed by atoms with Crippen LogP contribution in [-0.4, -0.2) is 48.1 Å². The molecule has 3 atom stereocenters. The van der Waals surface area contributed by atoms with Crippen LogP contribution in [0.25, 0.3) is 10.9 Å². The van der Waals surface area contributed by atoms with E-state index in [4.69, 9.17) is 0 Å². The number of likely N-dealkylation sites (N-methyl/N-ethyl adjacent to an activating group) is 1. The van der Waals surface area contributed by atoms with E-state index < -0.39 is 0 Å². The van der Waals surface area contributed by atoms with Crippen LogP contribution in [0.3, 0.4) is 0 Å². The van der Waals surface area contributed by atoms with Crippen molar-refractivity contribution in [2.45, 2.75) is 45.6 Å². The number of hydrogen-bond acceptors (Lipinski definition) is 3. The van der Waals surface area contributed by atoms with Gasteiger partial charge in [-0.15, -0.1) is 0 Å². The summed E-state index contributed by atoms with van der Waals surface area (Å²) in [6, 6.07) is 8.30. The number of nitrogens with one attached hydrogen (secondary N) is 3. The fourth-order valence-electron chi connectivity index (χ4n) is 3.95. The second-order valence-corrected chi connectivity index (χ2v) is 7.81. The highest BCUT2D eigenvalue weighted by Crippen LogP contribution is 2.50. The van der Waals surface area contributed by atoms with Crippen LogP contribution < -0.4 is 10.6 Å². The number of fused-ring (bicyclic) bond motifs is 1. The number of carbonyl (C=O) groups excluding carboxylic acids is 1. The summed E-state index contributed by atoms with van der Waals surface area (Å²) in [7, 11) is 0. The van der Waals surface area contributed by atoms with Crippen LogP contribution in [0.4, 0.5) is 4.79 Å². The fraction of sp³-hybridized carbons (Fsp3) is 0.545. The Morgan fingerprint density at radius 1 is 1.43 bits per heavy atom. The highest BCUT2D eigenvalue weighted by atomic mass is 16.2. The first kappa shape index (κ1) is 20.2. The van der Waals surface area contributed by atoms with Crippen molar-refractivity contribution in [3.63, 3.8) is 0 Å². The quantitative estimate of drug-likeness (QED) is 0.621. The molecule has 0 spiro atoms. The molecule has 6 nitrogen and oxygen atoms in total. The van der Waals surface area contributed by atoms with Gasteiger partial charge in [-0.2, -0.15) is 5.26 Å². The molecule has 1 heterocycles. The van der Waals surface area contributed by atoms with Gasteiger partial charge in [0.05, 0.1) is 11.6 Å². The van der Waals surface area contributed by atoms with E-state index in [1.54, 1.807) is 0 Å². The van der Waals surface area contributed by atoms with E-state index in [1.807, 2.05) is 23.1 Å². The number of aromatic nitrogens is 1. The molecule has 1 aliphatic rings. The minimum absolute atomic E-state index is 0.0305. The summed E-state index contributed by atoms with van der Waals surface area (Å²) in [5.74, 6) is 0.934. The monoisotopic (exact) mass is 381 g/mol. The SMILES string of the molecule is CCCN(C[C@@H]1C[C@H]1c1c[nH]c2ccc(C#N)cc12)C(=O)NCC(C)NCC. The maximum absolute atomic E-state index is 12.6. The van der Waals surface area contributed by atoms with Crippen molar-refractivity contribution in [2.24, 2.45) is 5.92 Å². The second kappa shape index (κ2) is 9.11. The molecule has 1 saturated carbocycles. The minimum Gasteiger partial charge on any atom is -0.361 e. The average Bonchev–Trinajstić information content (AvgIpc) is 3.33. The van der Waals surface area contributed by atoms with E-state index in [2.05, 4.69) is 48.7 Å². The zero-order valence-corrected chi connectivity index (χ0v) is 17.1. The standard InChI is InChI=1S/C22H31N5O/c1-4-8-27(22(28)26-12-15(3)24-5-2)14-17-10-18(17)20-13-25-21-7-6-16(11-23)9-19(20)21/h6-7,9,13,15,17-18,24-25H,4-5,8,10,12,14H2,1-3H3,(H,26,28)/t15?,17-,18+/m0/s1. The molecule has 1 aliphatic carbocycles. The second-order valence-electron chi connectivity index (χ2n) is 7.81. The van der Waals surface area contributed by atoms with Gasteiger partial charge in [0, 0.05) is 42.8 Å². The van der Waals surface area contributed by atoms with Gasteiger partial charge >= 0.3 is 6.03 Å². The Labute approximate surface area is 167 Å². The molecule has 2 aromatic rings. The molecule has 28 heavy (non-hydrogen) atoms. The molecule has 0 bridgehead atoms. The number of aromatic amines is 1. The number of rotatable bonds is 9. The third kappa shape index (κ3) is 4.66. The molecule has 0 radical (unpaired) electrons. The lowest BCUT2D eigenvalue weighted by atomic mass is 10.1. The molecule has 3 N–H and O–H groups in total. The molecule has 1 unspecified atom stereocenters. The van der Waals surface area contributed by atoms with Gasteiger partial charge in [-0.25, -0.2) is 4.79 Å². The summed E-state index contributed by atoms with van der Waals surface area (Å²) in [6.45, 7) is 9.35. The van der Waals surface area contributed by atoms with Crippen molar-refractivity contribution >= 4 is 16.9 Å². The van der Waals surface area contributed by atoms with Crippen molar-refractivity contribution in [1.82, 2.24) is 20.5 Å². The smallest absolute Gasteiger partial charge is 0.317 e. The Morgan fingerprint density at radius 3 is 2.96 bits per heavy atom. The number of H-pyrrole nitrogens is 1. The zero-order valence-electron chi connectivity index (χ0n) is 17.1. The molecular weight excluding hydrogens is 350 g/mol. The molecule has 150 valence electrons. The van der Waals surface area contributed by atoms with Gasteiger partial charge in [-0.05, 0) is 61.9 Å². The number of benzene rings is 1. The maximum atomic E-state index is 12.6. The highest BCUT2D eigenvalue weighted by molar-refractivity contribution is 5.85. The Balaban J connectivity index is 1.62. The number of hydrogen-bond donors (Lipinski definition) is 3. The van der Waals surface area contributed by atoms with E-state index >= 15 is 0 Å². The van der Waals surface area contributed by atoms with Gasteiger partial charge in [0.15, 0.2) is 0 Å². The maximum Gasteiger partial charge on any atom is 0.317 e. The van der Waals surface area contributed by atoms with E-state index in [0.717, 1.165) is 43.4 Å². The van der Waals surface area contributed by atoms with Crippen LogP contribution in [0.5, 0.6) is 0 Å². The molecule has 0 saturated heterocycles. The molecule has 1 aromatic carbocycles. The lowest BCUT2D eigenvalue weighted by molar-refractivity contribution is 0.194. The van der Waals surface area contributed by atoms with Gasteiger partial charge in [-0.1, -0.05) is 13.8 Å². The van der Waals surface area contributed by atoms with Crippen molar-refractivity contribution in [2.75, 3.05) is 26.2 Å². The molecule has 3 rings (SSSR count). The van der Waals surface area contributed by atoms with Crippen molar-refractivity contribution < 1.29 is 4.79 Å². The van der Waals surface area contributed by atoms with Crippen LogP contribution >= 0.6 is 0 Å². The van der Waals surface area contributed by atoms with Gasteiger partial charge < -0.3 is 20.5 Å². The molecule has 1 aromatic heterocycles. The average molecular weight is 382 g/mol. The van der Waals surface area contributed by atoms with E-state index in [9.17, 15) is 10.1 Å². The van der Waals surface area contributed by atoms with Crippen LogP contribution in [-0.2, 0) is 0 Å². The van der Waals surface area contributed by atoms with E-state index in [-0.39, 0.29) is 12.1 Å². The van der Waals surface area contributed by atoms with Crippen molar-refractivity contribution in [3.05, 3.63) is 35.5 Å². The number of nitriles is 1.